The number of benzene rings is 1. The van der Waals surface area contributed by atoms with E-state index in [-0.39, 0.29) is 5.91 Å². The van der Waals surface area contributed by atoms with Crippen LogP contribution >= 0.6 is 0 Å². The quantitative estimate of drug-likeness (QED) is 0.713. The number of carbonyl (C=O) groups is 3. The van der Waals surface area contributed by atoms with Crippen molar-refractivity contribution in [3.8, 4) is 0 Å². The van der Waals surface area contributed by atoms with E-state index in [4.69, 9.17) is 5.11 Å². The second-order valence-electron chi connectivity index (χ2n) is 4.06. The van der Waals surface area contributed by atoms with E-state index in [2.05, 4.69) is 5.32 Å². The Labute approximate surface area is 103 Å². The molecule has 6 heteroatoms. The highest BCUT2D eigenvalue weighted by molar-refractivity contribution is 6.37. The number of rotatable bonds is 1. The van der Waals surface area contributed by atoms with Crippen LogP contribution in [-0.4, -0.2) is 29.9 Å². The predicted octanol–water partition coefficient (Wildman–Crippen LogP) is 0.619. The van der Waals surface area contributed by atoms with Gasteiger partial charge in [0.05, 0.1) is 0 Å². The molecule has 2 amide bonds. The summed E-state index contributed by atoms with van der Waals surface area (Å²) in [5, 5.41) is 11.4. The molecule has 0 radical (unpaired) electrons. The Balaban J connectivity index is 2.29. The third-order valence-electron chi connectivity index (χ3n) is 2.86. The maximum absolute atomic E-state index is 11.3. The molecule has 0 saturated carbocycles. The third kappa shape index (κ3) is 2.17. The molecule has 1 aromatic rings. The maximum Gasteiger partial charge on any atom is 0.394 e. The van der Waals surface area contributed by atoms with Gasteiger partial charge in [-0.1, -0.05) is 0 Å². The summed E-state index contributed by atoms with van der Waals surface area (Å²) in [6.07, 6.45) is 0.983. The largest absolute Gasteiger partial charge is 0.474 e. The number of hydrogen-bond donors (Lipinski definition) is 2. The summed E-state index contributed by atoms with van der Waals surface area (Å²) in [6, 6.07) is 4.99. The highest BCUT2D eigenvalue weighted by Gasteiger charge is 2.21. The van der Waals surface area contributed by atoms with Crippen molar-refractivity contribution < 1.29 is 19.5 Å². The monoisotopic (exact) mass is 248 g/mol. The summed E-state index contributed by atoms with van der Waals surface area (Å²) < 4.78 is 0. The van der Waals surface area contributed by atoms with Gasteiger partial charge in [0.2, 0.25) is 5.91 Å². The van der Waals surface area contributed by atoms with Crippen LogP contribution in [0.3, 0.4) is 0 Å². The van der Waals surface area contributed by atoms with Crippen LogP contribution in [0.5, 0.6) is 0 Å². The van der Waals surface area contributed by atoms with Crippen LogP contribution in [0.2, 0.25) is 0 Å². The molecule has 0 spiro atoms. The summed E-state index contributed by atoms with van der Waals surface area (Å²) in [5.74, 6) is -2.52. The summed E-state index contributed by atoms with van der Waals surface area (Å²) >= 11 is 0. The smallest absolute Gasteiger partial charge is 0.394 e. The van der Waals surface area contributed by atoms with E-state index in [0.29, 0.717) is 24.2 Å². The van der Waals surface area contributed by atoms with Crippen molar-refractivity contribution in [3.05, 3.63) is 23.8 Å². The molecule has 1 aliphatic rings. The van der Waals surface area contributed by atoms with Gasteiger partial charge in [-0.25, -0.2) is 4.79 Å². The number of nitrogens with zero attached hydrogens (tertiary/aromatic N) is 1. The van der Waals surface area contributed by atoms with E-state index >= 15 is 0 Å². The molecule has 0 unspecified atom stereocenters. The molecule has 1 heterocycles. The SMILES string of the molecule is CN(C(=O)C(=O)O)c1ccc2c(c1)CCC(=O)N2. The molecule has 0 aliphatic carbocycles. The Kier molecular flexibility index (Phi) is 3.01. The minimum absolute atomic E-state index is 0.0368. The normalized spacial score (nSPS) is 13.5. The number of aliphatic carboxylic acids is 1. The second-order valence-corrected chi connectivity index (χ2v) is 4.06. The molecular formula is C12H12N2O4. The van der Waals surface area contributed by atoms with Crippen LogP contribution in [0.15, 0.2) is 18.2 Å². The van der Waals surface area contributed by atoms with Gasteiger partial charge in [0, 0.05) is 24.8 Å². The molecular weight excluding hydrogens is 236 g/mol. The molecule has 0 saturated heterocycles. The zero-order valence-corrected chi connectivity index (χ0v) is 9.77. The van der Waals surface area contributed by atoms with Gasteiger partial charge in [-0.15, -0.1) is 0 Å². The lowest BCUT2D eigenvalue weighted by Gasteiger charge is -2.20. The van der Waals surface area contributed by atoms with Crippen molar-refractivity contribution in [1.29, 1.82) is 0 Å². The van der Waals surface area contributed by atoms with Gasteiger partial charge in [-0.2, -0.15) is 0 Å². The van der Waals surface area contributed by atoms with E-state index in [0.717, 1.165) is 10.5 Å². The van der Waals surface area contributed by atoms with Gasteiger partial charge >= 0.3 is 11.9 Å². The first kappa shape index (κ1) is 12.1. The Morgan fingerprint density at radius 2 is 2.06 bits per heavy atom. The molecule has 0 fully saturated rings. The number of carbonyl (C=O) groups excluding carboxylic acids is 2. The molecule has 0 atom stereocenters. The van der Waals surface area contributed by atoms with Gasteiger partial charge in [-0.3, -0.25) is 9.59 Å². The summed E-state index contributed by atoms with van der Waals surface area (Å²) in [4.78, 5) is 34.2. The fourth-order valence-corrected chi connectivity index (χ4v) is 1.84. The van der Waals surface area contributed by atoms with E-state index in [1.54, 1.807) is 18.2 Å². The highest BCUT2D eigenvalue weighted by atomic mass is 16.4. The first-order valence-electron chi connectivity index (χ1n) is 5.43. The molecule has 0 aromatic heterocycles. The lowest BCUT2D eigenvalue weighted by atomic mass is 10.0. The van der Waals surface area contributed by atoms with E-state index in [1.807, 2.05) is 0 Å². The van der Waals surface area contributed by atoms with Gasteiger partial charge in [0.15, 0.2) is 0 Å². The number of nitrogens with one attached hydrogen (secondary N) is 1. The number of aryl methyl sites for hydroxylation is 1. The summed E-state index contributed by atoms with van der Waals surface area (Å²) in [7, 11) is 1.40. The van der Waals surface area contributed by atoms with Crippen molar-refractivity contribution in [2.24, 2.45) is 0 Å². The molecule has 1 aliphatic heterocycles. The number of anilines is 2. The van der Waals surface area contributed by atoms with Crippen LogP contribution < -0.4 is 10.2 Å². The summed E-state index contributed by atoms with van der Waals surface area (Å²) in [6.45, 7) is 0. The van der Waals surface area contributed by atoms with Crippen LogP contribution in [0, 0.1) is 0 Å². The Bertz CT molecular complexity index is 539. The average molecular weight is 248 g/mol. The zero-order valence-electron chi connectivity index (χ0n) is 9.77. The lowest BCUT2D eigenvalue weighted by molar-refractivity contribution is -0.148. The molecule has 2 rings (SSSR count). The fraction of sp³-hybridized carbons (Fsp3) is 0.250. The fourth-order valence-electron chi connectivity index (χ4n) is 1.84. The molecule has 18 heavy (non-hydrogen) atoms. The van der Waals surface area contributed by atoms with Gasteiger partial charge < -0.3 is 15.3 Å². The lowest BCUT2D eigenvalue weighted by Crippen LogP contribution is -2.33. The van der Waals surface area contributed by atoms with Gasteiger partial charge in [0.1, 0.15) is 0 Å². The van der Waals surface area contributed by atoms with E-state index in [9.17, 15) is 14.4 Å². The Morgan fingerprint density at radius 3 is 2.72 bits per heavy atom. The Hall–Kier alpha value is -2.37. The van der Waals surface area contributed by atoms with Gasteiger partial charge in [-0.05, 0) is 30.2 Å². The summed E-state index contributed by atoms with van der Waals surface area (Å²) in [5.41, 5.74) is 2.11. The number of carboxylic acids is 1. The molecule has 2 N–H and O–H groups in total. The number of likely N-dealkylation sites (N-methyl/N-ethyl adjacent to an activating group) is 1. The molecule has 0 bridgehead atoms. The average Bonchev–Trinajstić information content (AvgIpc) is 2.36. The second kappa shape index (κ2) is 4.48. The van der Waals surface area contributed by atoms with Crippen LogP contribution in [-0.2, 0) is 20.8 Å². The van der Waals surface area contributed by atoms with Crippen molar-refractivity contribution in [2.45, 2.75) is 12.8 Å². The van der Waals surface area contributed by atoms with Crippen LogP contribution in [0.25, 0.3) is 0 Å². The number of amides is 2. The molecule has 6 nitrogen and oxygen atoms in total. The van der Waals surface area contributed by atoms with Gasteiger partial charge in [0.25, 0.3) is 0 Å². The first-order valence-corrected chi connectivity index (χ1v) is 5.43. The molecule has 94 valence electrons. The number of carboxylic acid groups (broad SMARTS) is 1. The Morgan fingerprint density at radius 1 is 1.33 bits per heavy atom. The number of hydrogen-bond acceptors (Lipinski definition) is 3. The molecule has 1 aromatic carbocycles. The van der Waals surface area contributed by atoms with Crippen molar-refractivity contribution in [3.63, 3.8) is 0 Å². The number of fused-ring (bicyclic) bond motifs is 1. The minimum Gasteiger partial charge on any atom is -0.474 e. The van der Waals surface area contributed by atoms with Crippen LogP contribution in [0.1, 0.15) is 12.0 Å². The van der Waals surface area contributed by atoms with E-state index in [1.165, 1.54) is 7.05 Å². The predicted molar refractivity (Wildman–Crippen MR) is 64.4 cm³/mol. The first-order chi connectivity index (χ1) is 8.49. The maximum atomic E-state index is 11.3. The van der Waals surface area contributed by atoms with Crippen molar-refractivity contribution in [2.75, 3.05) is 17.3 Å². The highest BCUT2D eigenvalue weighted by Crippen LogP contribution is 2.27. The van der Waals surface area contributed by atoms with Crippen molar-refractivity contribution >= 4 is 29.2 Å². The van der Waals surface area contributed by atoms with Crippen molar-refractivity contribution in [1.82, 2.24) is 0 Å². The zero-order chi connectivity index (χ0) is 13.3. The van der Waals surface area contributed by atoms with E-state index < -0.39 is 11.9 Å². The standard InChI is InChI=1S/C12H12N2O4/c1-14(11(16)12(17)18)8-3-4-9-7(6-8)2-5-10(15)13-9/h3-4,6H,2,5H2,1H3,(H,13,15)(H,17,18). The topological polar surface area (TPSA) is 86.7 Å². The minimum atomic E-state index is -1.50. The van der Waals surface area contributed by atoms with Crippen LogP contribution in [0.4, 0.5) is 11.4 Å². The third-order valence-corrected chi connectivity index (χ3v) is 2.86.